The molecule has 1 amide bonds. The zero-order valence-electron chi connectivity index (χ0n) is 13.3. The summed E-state index contributed by atoms with van der Waals surface area (Å²) in [5, 5.41) is 10.7. The van der Waals surface area contributed by atoms with E-state index in [1.165, 1.54) is 0 Å². The third kappa shape index (κ3) is 4.23. The third-order valence-electron chi connectivity index (χ3n) is 3.46. The first-order valence-corrected chi connectivity index (χ1v) is 8.72. The lowest BCUT2D eigenvalue weighted by Gasteiger charge is -2.06. The fraction of sp³-hybridized carbons (Fsp3) is 0.167. The van der Waals surface area contributed by atoms with Crippen LogP contribution in [0.2, 0.25) is 0 Å². The van der Waals surface area contributed by atoms with Gasteiger partial charge >= 0.3 is 0 Å². The number of para-hydroxylation sites is 1. The van der Waals surface area contributed by atoms with Crippen molar-refractivity contribution in [1.82, 2.24) is 15.2 Å². The highest BCUT2D eigenvalue weighted by atomic mass is 32.2. The summed E-state index contributed by atoms with van der Waals surface area (Å²) in [6, 6.07) is 17.0. The van der Waals surface area contributed by atoms with Crippen LogP contribution in [0.15, 0.2) is 59.8 Å². The van der Waals surface area contributed by atoms with Crippen molar-refractivity contribution in [1.29, 1.82) is 0 Å². The highest BCUT2D eigenvalue weighted by molar-refractivity contribution is 7.98. The molecule has 0 unspecified atom stereocenters. The van der Waals surface area contributed by atoms with Gasteiger partial charge in [0.15, 0.2) is 0 Å². The number of benzene rings is 2. The Labute approximate surface area is 144 Å². The van der Waals surface area contributed by atoms with Crippen LogP contribution < -0.4 is 5.32 Å². The van der Waals surface area contributed by atoms with E-state index in [2.05, 4.69) is 20.5 Å². The van der Waals surface area contributed by atoms with Crippen LogP contribution in [0.4, 0.5) is 5.69 Å². The van der Waals surface area contributed by atoms with Gasteiger partial charge in [-0.15, -0.1) is 5.10 Å². The first-order valence-electron chi connectivity index (χ1n) is 7.74. The van der Waals surface area contributed by atoms with E-state index < -0.39 is 0 Å². The number of carbonyl (C=O) groups is 1. The molecule has 0 radical (unpaired) electrons. The summed E-state index contributed by atoms with van der Waals surface area (Å²) >= 11 is 1.57. The number of hydrogen-bond acceptors (Lipinski definition) is 4. The Balaban J connectivity index is 1.57. The standard InChI is InChI=1S/C18H18N4OS/c1-2-16-20-18(22-21-16)24-12-13-8-10-14(11-9-13)17(23)19-15-6-4-3-5-7-15/h3-11H,2,12H2,1H3,(H,19,23)(H,20,21,22). The maximum atomic E-state index is 12.2. The van der Waals surface area contributed by atoms with E-state index >= 15 is 0 Å². The topological polar surface area (TPSA) is 70.7 Å². The molecule has 0 saturated carbocycles. The van der Waals surface area contributed by atoms with E-state index in [9.17, 15) is 4.79 Å². The number of amides is 1. The van der Waals surface area contributed by atoms with E-state index in [1.54, 1.807) is 11.8 Å². The fourth-order valence-electron chi connectivity index (χ4n) is 2.13. The predicted octanol–water partition coefficient (Wildman–Crippen LogP) is 3.91. The number of nitrogens with zero attached hydrogens (tertiary/aromatic N) is 2. The van der Waals surface area contributed by atoms with Crippen molar-refractivity contribution in [2.45, 2.75) is 24.3 Å². The minimum Gasteiger partial charge on any atom is -0.322 e. The van der Waals surface area contributed by atoms with Crippen LogP contribution in [0.3, 0.4) is 0 Å². The molecule has 3 aromatic rings. The molecule has 0 atom stereocenters. The van der Waals surface area contributed by atoms with E-state index in [0.717, 1.165) is 34.4 Å². The molecule has 2 N–H and O–H groups in total. The lowest BCUT2D eigenvalue weighted by molar-refractivity contribution is 0.102. The molecule has 2 aromatic carbocycles. The third-order valence-corrected chi connectivity index (χ3v) is 4.38. The van der Waals surface area contributed by atoms with Crippen LogP contribution in [-0.2, 0) is 12.2 Å². The lowest BCUT2D eigenvalue weighted by atomic mass is 10.1. The largest absolute Gasteiger partial charge is 0.322 e. The van der Waals surface area contributed by atoms with Crippen molar-refractivity contribution in [2.24, 2.45) is 0 Å². The van der Waals surface area contributed by atoms with Gasteiger partial charge in [-0.3, -0.25) is 9.89 Å². The SMILES string of the molecule is CCc1nc(SCc2ccc(C(=O)Nc3ccccc3)cc2)n[nH]1. The van der Waals surface area contributed by atoms with Gasteiger partial charge in [-0.05, 0) is 29.8 Å². The van der Waals surface area contributed by atoms with Crippen molar-refractivity contribution in [3.05, 3.63) is 71.5 Å². The average Bonchev–Trinajstić information content (AvgIpc) is 3.09. The molecule has 6 heteroatoms. The van der Waals surface area contributed by atoms with E-state index in [1.807, 2.05) is 61.5 Å². The number of anilines is 1. The first kappa shape index (κ1) is 16.3. The molecule has 122 valence electrons. The van der Waals surface area contributed by atoms with Gasteiger partial charge in [0.1, 0.15) is 5.82 Å². The molecule has 0 aliphatic rings. The summed E-state index contributed by atoms with van der Waals surface area (Å²) in [5.41, 5.74) is 2.55. The molecule has 1 heterocycles. The molecule has 0 fully saturated rings. The van der Waals surface area contributed by atoms with Crippen molar-refractivity contribution in [2.75, 3.05) is 5.32 Å². The van der Waals surface area contributed by atoms with Gasteiger partial charge in [0.25, 0.3) is 5.91 Å². The Morgan fingerprint density at radius 1 is 1.12 bits per heavy atom. The Morgan fingerprint density at radius 2 is 1.88 bits per heavy atom. The van der Waals surface area contributed by atoms with E-state index in [0.29, 0.717) is 5.56 Å². The zero-order chi connectivity index (χ0) is 16.8. The monoisotopic (exact) mass is 338 g/mol. The number of carbonyl (C=O) groups excluding carboxylic acids is 1. The highest BCUT2D eigenvalue weighted by Crippen LogP contribution is 2.19. The summed E-state index contributed by atoms with van der Waals surface area (Å²) in [6.45, 7) is 2.04. The summed E-state index contributed by atoms with van der Waals surface area (Å²) in [6.07, 6.45) is 0.846. The number of thioether (sulfide) groups is 1. The molecular formula is C18H18N4OS. The van der Waals surface area contributed by atoms with Crippen molar-refractivity contribution in [3.63, 3.8) is 0 Å². The Morgan fingerprint density at radius 3 is 2.54 bits per heavy atom. The molecule has 0 spiro atoms. The number of aromatic nitrogens is 3. The second kappa shape index (κ2) is 7.79. The van der Waals surface area contributed by atoms with Gasteiger partial charge in [0, 0.05) is 23.4 Å². The summed E-state index contributed by atoms with van der Waals surface area (Å²) < 4.78 is 0. The van der Waals surface area contributed by atoms with Gasteiger partial charge in [-0.25, -0.2) is 4.98 Å². The molecule has 0 aliphatic heterocycles. The van der Waals surface area contributed by atoms with Gasteiger partial charge in [0.05, 0.1) is 0 Å². The molecule has 24 heavy (non-hydrogen) atoms. The van der Waals surface area contributed by atoms with Crippen LogP contribution in [0.5, 0.6) is 0 Å². The molecule has 1 aromatic heterocycles. The number of aryl methyl sites for hydroxylation is 1. The van der Waals surface area contributed by atoms with Gasteiger partial charge in [-0.1, -0.05) is 49.0 Å². The molecule has 0 bridgehead atoms. The highest BCUT2D eigenvalue weighted by Gasteiger charge is 2.07. The Kier molecular flexibility index (Phi) is 5.28. The molecule has 3 rings (SSSR count). The van der Waals surface area contributed by atoms with Crippen LogP contribution >= 0.6 is 11.8 Å². The second-order valence-corrected chi connectivity index (χ2v) is 6.17. The van der Waals surface area contributed by atoms with Gasteiger partial charge < -0.3 is 5.32 Å². The second-order valence-electron chi connectivity index (χ2n) is 5.22. The fourth-order valence-corrected chi connectivity index (χ4v) is 2.90. The van der Waals surface area contributed by atoms with Gasteiger partial charge in [-0.2, -0.15) is 0 Å². The van der Waals surface area contributed by atoms with Crippen LogP contribution in [0.25, 0.3) is 0 Å². The Bertz CT molecular complexity index is 799. The van der Waals surface area contributed by atoms with E-state index in [-0.39, 0.29) is 5.91 Å². The van der Waals surface area contributed by atoms with Gasteiger partial charge in [0.2, 0.25) is 5.16 Å². The summed E-state index contributed by atoms with van der Waals surface area (Å²) in [4.78, 5) is 16.6. The zero-order valence-corrected chi connectivity index (χ0v) is 14.1. The number of aromatic amines is 1. The smallest absolute Gasteiger partial charge is 0.255 e. The van der Waals surface area contributed by atoms with Crippen molar-refractivity contribution < 1.29 is 4.79 Å². The minimum absolute atomic E-state index is 0.109. The van der Waals surface area contributed by atoms with Crippen molar-refractivity contribution >= 4 is 23.4 Å². The normalized spacial score (nSPS) is 10.5. The summed E-state index contributed by atoms with van der Waals surface area (Å²) in [5.74, 6) is 1.55. The number of nitrogens with one attached hydrogen (secondary N) is 2. The van der Waals surface area contributed by atoms with Crippen LogP contribution in [0.1, 0.15) is 28.7 Å². The Hall–Kier alpha value is -2.60. The maximum absolute atomic E-state index is 12.2. The summed E-state index contributed by atoms with van der Waals surface area (Å²) in [7, 11) is 0. The number of rotatable bonds is 6. The molecule has 0 aliphatic carbocycles. The lowest BCUT2D eigenvalue weighted by Crippen LogP contribution is -2.11. The first-order chi connectivity index (χ1) is 11.7. The molecule has 5 nitrogen and oxygen atoms in total. The van der Waals surface area contributed by atoms with Crippen LogP contribution in [0, 0.1) is 0 Å². The van der Waals surface area contributed by atoms with E-state index in [4.69, 9.17) is 0 Å². The molecular weight excluding hydrogens is 320 g/mol. The predicted molar refractivity (Wildman–Crippen MR) is 96.2 cm³/mol. The number of H-pyrrole nitrogens is 1. The average molecular weight is 338 g/mol. The van der Waals surface area contributed by atoms with Crippen LogP contribution in [-0.4, -0.2) is 21.1 Å². The maximum Gasteiger partial charge on any atom is 0.255 e. The minimum atomic E-state index is -0.109. The number of hydrogen-bond donors (Lipinski definition) is 2. The van der Waals surface area contributed by atoms with Crippen molar-refractivity contribution in [3.8, 4) is 0 Å². The molecule has 0 saturated heterocycles. The quantitative estimate of drug-likeness (QED) is 0.669.